The standard InChI is InChI=1S/C16H15F3O/c1-10-7-12(3-4-13(10)9-20)15-6-5-14(8-11(15)2)16(17,18)19/h3-8,20H,9H2,1-2H3. The van der Waals surface area contributed by atoms with Crippen LogP contribution in [0.5, 0.6) is 0 Å². The number of aliphatic hydroxyl groups is 1. The normalized spacial score (nSPS) is 11.7. The van der Waals surface area contributed by atoms with E-state index >= 15 is 0 Å². The maximum Gasteiger partial charge on any atom is 0.416 e. The minimum absolute atomic E-state index is 0.0435. The van der Waals surface area contributed by atoms with Crippen LogP contribution in [-0.4, -0.2) is 5.11 Å². The Bertz CT molecular complexity index is 630. The number of hydrogen-bond donors (Lipinski definition) is 1. The second kappa shape index (κ2) is 5.29. The van der Waals surface area contributed by atoms with Crippen LogP contribution in [0.25, 0.3) is 11.1 Å². The van der Waals surface area contributed by atoms with Crippen LogP contribution >= 0.6 is 0 Å². The summed E-state index contributed by atoms with van der Waals surface area (Å²) in [6.45, 7) is 3.49. The number of alkyl halides is 3. The Morgan fingerprint density at radius 2 is 1.65 bits per heavy atom. The molecule has 0 amide bonds. The number of halogens is 3. The van der Waals surface area contributed by atoms with Gasteiger partial charge in [0.25, 0.3) is 0 Å². The van der Waals surface area contributed by atoms with Crippen molar-refractivity contribution >= 4 is 0 Å². The number of benzene rings is 2. The molecule has 0 heterocycles. The second-order valence-electron chi connectivity index (χ2n) is 4.83. The molecular formula is C16H15F3O. The monoisotopic (exact) mass is 280 g/mol. The molecule has 0 fully saturated rings. The third kappa shape index (κ3) is 2.85. The van der Waals surface area contributed by atoms with Gasteiger partial charge in [-0.15, -0.1) is 0 Å². The minimum atomic E-state index is -4.32. The van der Waals surface area contributed by atoms with Gasteiger partial charge in [0.2, 0.25) is 0 Å². The molecule has 4 heteroatoms. The smallest absolute Gasteiger partial charge is 0.392 e. The summed E-state index contributed by atoms with van der Waals surface area (Å²) in [5.74, 6) is 0. The summed E-state index contributed by atoms with van der Waals surface area (Å²) in [4.78, 5) is 0. The van der Waals surface area contributed by atoms with E-state index in [2.05, 4.69) is 0 Å². The van der Waals surface area contributed by atoms with E-state index in [-0.39, 0.29) is 6.61 Å². The average Bonchev–Trinajstić information content (AvgIpc) is 2.37. The zero-order chi connectivity index (χ0) is 14.9. The molecule has 2 aromatic carbocycles. The van der Waals surface area contributed by atoms with Gasteiger partial charge in [-0.2, -0.15) is 13.2 Å². The highest BCUT2D eigenvalue weighted by Gasteiger charge is 2.30. The van der Waals surface area contributed by atoms with Gasteiger partial charge >= 0.3 is 6.18 Å². The summed E-state index contributed by atoms with van der Waals surface area (Å²) in [7, 11) is 0. The highest BCUT2D eigenvalue weighted by molar-refractivity contribution is 5.68. The fraction of sp³-hybridized carbons (Fsp3) is 0.250. The Kier molecular flexibility index (Phi) is 3.86. The van der Waals surface area contributed by atoms with Gasteiger partial charge in [-0.25, -0.2) is 0 Å². The molecule has 106 valence electrons. The van der Waals surface area contributed by atoms with Crippen molar-refractivity contribution in [3.63, 3.8) is 0 Å². The van der Waals surface area contributed by atoms with Crippen molar-refractivity contribution in [3.8, 4) is 11.1 Å². The predicted molar refractivity (Wildman–Crippen MR) is 72.3 cm³/mol. The van der Waals surface area contributed by atoms with Crippen LogP contribution in [0.2, 0.25) is 0 Å². The van der Waals surface area contributed by atoms with Crippen molar-refractivity contribution in [1.82, 2.24) is 0 Å². The Morgan fingerprint density at radius 1 is 0.950 bits per heavy atom. The Hall–Kier alpha value is -1.81. The van der Waals surface area contributed by atoms with Crippen LogP contribution in [-0.2, 0) is 12.8 Å². The van der Waals surface area contributed by atoms with Gasteiger partial charge in [-0.1, -0.05) is 24.3 Å². The molecule has 0 radical (unpaired) electrons. The summed E-state index contributed by atoms with van der Waals surface area (Å²) in [6.07, 6.45) is -4.32. The third-order valence-electron chi connectivity index (χ3n) is 3.38. The molecule has 0 aliphatic rings. The van der Waals surface area contributed by atoms with E-state index in [0.717, 1.165) is 34.4 Å². The van der Waals surface area contributed by atoms with Crippen LogP contribution in [0.3, 0.4) is 0 Å². The summed E-state index contributed by atoms with van der Waals surface area (Å²) in [5.41, 5.74) is 3.30. The fourth-order valence-corrected chi connectivity index (χ4v) is 2.20. The topological polar surface area (TPSA) is 20.2 Å². The Labute approximate surface area is 115 Å². The molecule has 20 heavy (non-hydrogen) atoms. The molecule has 0 aliphatic heterocycles. The van der Waals surface area contributed by atoms with Gasteiger partial charge in [0.05, 0.1) is 12.2 Å². The van der Waals surface area contributed by atoms with Crippen molar-refractivity contribution < 1.29 is 18.3 Å². The lowest BCUT2D eigenvalue weighted by Crippen LogP contribution is -2.05. The van der Waals surface area contributed by atoms with Crippen LogP contribution in [0.15, 0.2) is 36.4 Å². The Balaban J connectivity index is 2.46. The molecule has 0 saturated carbocycles. The molecule has 1 N–H and O–H groups in total. The maximum absolute atomic E-state index is 12.6. The summed E-state index contributed by atoms with van der Waals surface area (Å²) < 4.78 is 37.9. The van der Waals surface area contributed by atoms with Crippen molar-refractivity contribution in [2.75, 3.05) is 0 Å². The molecule has 0 unspecified atom stereocenters. The molecule has 2 rings (SSSR count). The quantitative estimate of drug-likeness (QED) is 0.859. The van der Waals surface area contributed by atoms with E-state index < -0.39 is 11.7 Å². The van der Waals surface area contributed by atoms with Gasteiger partial charge in [-0.05, 0) is 53.8 Å². The fourth-order valence-electron chi connectivity index (χ4n) is 2.20. The van der Waals surface area contributed by atoms with Gasteiger partial charge in [-0.3, -0.25) is 0 Å². The SMILES string of the molecule is Cc1cc(-c2ccc(C(F)(F)F)cc2C)ccc1CO. The summed E-state index contributed by atoms with van der Waals surface area (Å²) in [6, 6.07) is 9.23. The minimum Gasteiger partial charge on any atom is -0.392 e. The van der Waals surface area contributed by atoms with Crippen molar-refractivity contribution in [2.24, 2.45) is 0 Å². The molecule has 0 saturated heterocycles. The summed E-state index contributed by atoms with van der Waals surface area (Å²) in [5, 5.41) is 9.14. The van der Waals surface area contributed by atoms with E-state index in [1.54, 1.807) is 13.0 Å². The lowest BCUT2D eigenvalue weighted by Gasteiger charge is -2.12. The van der Waals surface area contributed by atoms with Gasteiger partial charge in [0.15, 0.2) is 0 Å². The highest BCUT2D eigenvalue weighted by atomic mass is 19.4. The first kappa shape index (κ1) is 14.6. The van der Waals surface area contributed by atoms with Crippen LogP contribution < -0.4 is 0 Å². The third-order valence-corrected chi connectivity index (χ3v) is 3.38. The zero-order valence-corrected chi connectivity index (χ0v) is 11.3. The van der Waals surface area contributed by atoms with Gasteiger partial charge in [0, 0.05) is 0 Å². The van der Waals surface area contributed by atoms with Crippen LogP contribution in [0.4, 0.5) is 13.2 Å². The van der Waals surface area contributed by atoms with E-state index in [4.69, 9.17) is 5.11 Å². The molecular weight excluding hydrogens is 265 g/mol. The number of aliphatic hydroxyl groups excluding tert-OH is 1. The average molecular weight is 280 g/mol. The summed E-state index contributed by atoms with van der Waals surface area (Å²) >= 11 is 0. The van der Waals surface area contributed by atoms with Crippen molar-refractivity contribution in [1.29, 1.82) is 0 Å². The molecule has 0 aliphatic carbocycles. The van der Waals surface area contributed by atoms with E-state index in [0.29, 0.717) is 5.56 Å². The Morgan fingerprint density at radius 3 is 2.15 bits per heavy atom. The van der Waals surface area contributed by atoms with Crippen LogP contribution in [0, 0.1) is 13.8 Å². The first-order valence-corrected chi connectivity index (χ1v) is 6.21. The maximum atomic E-state index is 12.6. The van der Waals surface area contributed by atoms with E-state index in [9.17, 15) is 13.2 Å². The largest absolute Gasteiger partial charge is 0.416 e. The first-order valence-electron chi connectivity index (χ1n) is 6.21. The molecule has 0 bridgehead atoms. The van der Waals surface area contributed by atoms with Gasteiger partial charge in [0.1, 0.15) is 0 Å². The molecule has 0 aromatic heterocycles. The zero-order valence-electron chi connectivity index (χ0n) is 11.3. The molecule has 1 nitrogen and oxygen atoms in total. The predicted octanol–water partition coefficient (Wildman–Crippen LogP) is 4.48. The molecule has 0 atom stereocenters. The molecule has 0 spiro atoms. The first-order chi connectivity index (χ1) is 9.32. The van der Waals surface area contributed by atoms with E-state index in [1.165, 1.54) is 6.07 Å². The van der Waals surface area contributed by atoms with Crippen LogP contribution in [0.1, 0.15) is 22.3 Å². The lowest BCUT2D eigenvalue weighted by atomic mass is 9.95. The number of aryl methyl sites for hydroxylation is 2. The second-order valence-corrected chi connectivity index (χ2v) is 4.83. The van der Waals surface area contributed by atoms with E-state index in [1.807, 2.05) is 19.1 Å². The number of rotatable bonds is 2. The van der Waals surface area contributed by atoms with Crippen molar-refractivity contribution in [2.45, 2.75) is 26.6 Å². The lowest BCUT2D eigenvalue weighted by molar-refractivity contribution is -0.137. The van der Waals surface area contributed by atoms with Crippen molar-refractivity contribution in [3.05, 3.63) is 58.7 Å². The van der Waals surface area contributed by atoms with Gasteiger partial charge < -0.3 is 5.11 Å². The molecule has 2 aromatic rings. The highest BCUT2D eigenvalue weighted by Crippen LogP contribution is 2.33. The number of hydrogen-bond acceptors (Lipinski definition) is 1.